The van der Waals surface area contributed by atoms with Gasteiger partial charge in [-0.1, -0.05) is 65.7 Å². The molecule has 3 amide bonds. The molecule has 2 N–H and O–H groups in total. The predicted octanol–water partition coefficient (Wildman–Crippen LogP) is 9.24. The number of benzene rings is 3. The van der Waals surface area contributed by atoms with E-state index in [1.165, 1.54) is 23.1 Å². The van der Waals surface area contributed by atoms with Crippen LogP contribution in [0.15, 0.2) is 106 Å². The van der Waals surface area contributed by atoms with Crippen LogP contribution < -0.4 is 15.5 Å². The number of thioether (sulfide) groups is 2. The summed E-state index contributed by atoms with van der Waals surface area (Å²) in [7, 11) is 0. The molecule has 11 heteroatoms. The van der Waals surface area contributed by atoms with Crippen molar-refractivity contribution < 1.29 is 9.59 Å². The number of hydrogen-bond acceptors (Lipinski definition) is 6. The maximum atomic E-state index is 13.6. The van der Waals surface area contributed by atoms with Crippen molar-refractivity contribution in [1.29, 1.82) is 0 Å². The standard InChI is InChI=1S/C31H24Cl2N4O2S3/c1-18(29(38)36-30-35-24(17-40-30)22-14-13-19(32)15-23(22)33)41-21-8-6-7-20(16-21)34-31(39)37-25-9-2-4-11-27(25)42-28-12-5-3-10-26(28)37/h2-18,25,27H,1H3,(H,34,39)(H,35,36,38). The Kier molecular flexibility index (Phi) is 8.65. The van der Waals surface area contributed by atoms with E-state index in [-0.39, 0.29) is 23.2 Å². The number of urea groups is 1. The molecule has 3 aromatic carbocycles. The first kappa shape index (κ1) is 28.9. The van der Waals surface area contributed by atoms with E-state index in [0.29, 0.717) is 26.6 Å². The highest BCUT2D eigenvalue weighted by Gasteiger charge is 2.36. The van der Waals surface area contributed by atoms with Crippen LogP contribution in [0.4, 0.5) is 21.3 Å². The fourth-order valence-corrected chi connectivity index (χ4v) is 8.08. The van der Waals surface area contributed by atoms with Gasteiger partial charge in [0, 0.05) is 31.4 Å². The quantitative estimate of drug-likeness (QED) is 0.203. The van der Waals surface area contributed by atoms with Gasteiger partial charge in [-0.05, 0) is 55.5 Å². The minimum Gasteiger partial charge on any atom is -0.307 e. The second kappa shape index (κ2) is 12.6. The summed E-state index contributed by atoms with van der Waals surface area (Å²) in [5, 5.41) is 9.08. The van der Waals surface area contributed by atoms with Gasteiger partial charge in [-0.2, -0.15) is 0 Å². The Morgan fingerprint density at radius 1 is 1.00 bits per heavy atom. The fraction of sp³-hybridized carbons (Fsp3) is 0.129. The van der Waals surface area contributed by atoms with E-state index in [0.717, 1.165) is 21.0 Å². The average Bonchev–Trinajstić information content (AvgIpc) is 3.43. The molecular weight excluding hydrogens is 627 g/mol. The Labute approximate surface area is 266 Å². The van der Waals surface area contributed by atoms with Gasteiger partial charge >= 0.3 is 6.03 Å². The van der Waals surface area contributed by atoms with Gasteiger partial charge in [-0.15, -0.1) is 34.9 Å². The van der Waals surface area contributed by atoms with E-state index in [1.807, 2.05) is 77.9 Å². The number of carbonyl (C=O) groups is 2. The number of halogens is 2. The number of nitrogens with zero attached hydrogens (tertiary/aromatic N) is 2. The zero-order chi connectivity index (χ0) is 29.2. The number of hydrogen-bond donors (Lipinski definition) is 2. The molecule has 0 saturated carbocycles. The number of anilines is 3. The van der Waals surface area contributed by atoms with Gasteiger partial charge in [-0.25, -0.2) is 9.78 Å². The van der Waals surface area contributed by atoms with Crippen LogP contribution in [-0.4, -0.2) is 33.5 Å². The van der Waals surface area contributed by atoms with Crippen molar-refractivity contribution in [3.05, 3.63) is 106 Å². The van der Waals surface area contributed by atoms with E-state index >= 15 is 0 Å². The first-order valence-electron chi connectivity index (χ1n) is 13.0. The van der Waals surface area contributed by atoms with E-state index in [4.69, 9.17) is 23.2 Å². The van der Waals surface area contributed by atoms with Crippen molar-refractivity contribution >= 4 is 86.5 Å². The minimum atomic E-state index is -0.409. The molecule has 42 heavy (non-hydrogen) atoms. The third-order valence-electron chi connectivity index (χ3n) is 6.67. The average molecular weight is 652 g/mol. The van der Waals surface area contributed by atoms with Gasteiger partial charge in [0.05, 0.1) is 32.9 Å². The largest absolute Gasteiger partial charge is 0.326 e. The number of thiazole rings is 1. The molecule has 6 rings (SSSR count). The number of aromatic nitrogens is 1. The molecule has 6 nitrogen and oxygen atoms in total. The number of para-hydroxylation sites is 1. The molecule has 0 fully saturated rings. The number of amides is 3. The van der Waals surface area contributed by atoms with Crippen LogP contribution in [0, 0.1) is 0 Å². The Morgan fingerprint density at radius 3 is 2.69 bits per heavy atom. The van der Waals surface area contributed by atoms with Crippen molar-refractivity contribution in [2.75, 3.05) is 15.5 Å². The maximum Gasteiger partial charge on any atom is 0.326 e. The van der Waals surface area contributed by atoms with Crippen molar-refractivity contribution in [1.82, 2.24) is 4.98 Å². The van der Waals surface area contributed by atoms with E-state index in [9.17, 15) is 9.59 Å². The molecule has 2 heterocycles. The second-order valence-electron chi connectivity index (χ2n) is 9.55. The number of nitrogens with one attached hydrogen (secondary N) is 2. The van der Waals surface area contributed by atoms with E-state index in [1.54, 1.807) is 30.0 Å². The zero-order valence-electron chi connectivity index (χ0n) is 22.2. The Hall–Kier alpha value is -3.21. The molecule has 3 unspecified atom stereocenters. The van der Waals surface area contributed by atoms with Gasteiger partial charge in [0.15, 0.2) is 5.13 Å². The van der Waals surface area contributed by atoms with Crippen LogP contribution in [0.2, 0.25) is 10.0 Å². The molecule has 0 radical (unpaired) electrons. The molecule has 2 aliphatic rings. The highest BCUT2D eigenvalue weighted by Crippen LogP contribution is 2.44. The summed E-state index contributed by atoms with van der Waals surface area (Å²) in [5.74, 6) is -0.178. The molecule has 0 bridgehead atoms. The van der Waals surface area contributed by atoms with Gasteiger partial charge in [0.2, 0.25) is 5.91 Å². The monoisotopic (exact) mass is 650 g/mol. The van der Waals surface area contributed by atoms with Crippen LogP contribution in [-0.2, 0) is 4.79 Å². The molecular formula is C31H24Cl2N4O2S3. The van der Waals surface area contributed by atoms with Gasteiger partial charge in [0.1, 0.15) is 0 Å². The second-order valence-corrected chi connectivity index (χ2v) is 13.9. The Bertz CT molecular complexity index is 1720. The first-order chi connectivity index (χ1) is 20.4. The molecule has 4 aromatic rings. The Morgan fingerprint density at radius 2 is 1.83 bits per heavy atom. The summed E-state index contributed by atoms with van der Waals surface area (Å²) < 4.78 is 0. The number of fused-ring (bicyclic) bond motifs is 2. The summed E-state index contributed by atoms with van der Waals surface area (Å²) in [5.41, 5.74) is 2.96. The van der Waals surface area contributed by atoms with Crippen LogP contribution in [0.25, 0.3) is 11.3 Å². The van der Waals surface area contributed by atoms with Crippen LogP contribution in [0.1, 0.15) is 6.92 Å². The first-order valence-corrected chi connectivity index (χ1v) is 16.4. The number of carbonyl (C=O) groups excluding carboxylic acids is 2. The lowest BCUT2D eigenvalue weighted by atomic mass is 10.1. The maximum absolute atomic E-state index is 13.6. The fourth-order valence-electron chi connectivity index (χ4n) is 4.67. The number of allylic oxidation sites excluding steroid dienone is 2. The summed E-state index contributed by atoms with van der Waals surface area (Å²) in [6, 6.07) is 20.4. The molecule has 1 aromatic heterocycles. The highest BCUT2D eigenvalue weighted by atomic mass is 35.5. The van der Waals surface area contributed by atoms with Crippen LogP contribution in [0.3, 0.4) is 0 Å². The lowest BCUT2D eigenvalue weighted by Gasteiger charge is -2.40. The summed E-state index contributed by atoms with van der Waals surface area (Å²) in [6.45, 7) is 1.83. The topological polar surface area (TPSA) is 74.3 Å². The van der Waals surface area contributed by atoms with Crippen LogP contribution >= 0.6 is 58.1 Å². The third-order valence-corrected chi connectivity index (χ3v) is 10.4. The lowest BCUT2D eigenvalue weighted by Crippen LogP contribution is -2.49. The molecule has 3 atom stereocenters. The number of rotatable bonds is 6. The third kappa shape index (κ3) is 6.26. The SMILES string of the molecule is CC(Sc1cccc(NC(=O)N2c3ccccc3SC3C=CC=CC32)c1)C(=O)Nc1nc(-c2ccc(Cl)cc2Cl)cs1. The van der Waals surface area contributed by atoms with Gasteiger partial charge < -0.3 is 10.6 Å². The lowest BCUT2D eigenvalue weighted by molar-refractivity contribution is -0.115. The summed E-state index contributed by atoms with van der Waals surface area (Å²) >= 11 is 16.8. The zero-order valence-corrected chi connectivity index (χ0v) is 26.1. The molecule has 0 spiro atoms. The smallest absolute Gasteiger partial charge is 0.307 e. The minimum absolute atomic E-state index is 0.0849. The predicted molar refractivity (Wildman–Crippen MR) is 178 cm³/mol. The summed E-state index contributed by atoms with van der Waals surface area (Å²) in [4.78, 5) is 34.9. The van der Waals surface area contributed by atoms with E-state index in [2.05, 4.69) is 27.8 Å². The molecule has 212 valence electrons. The van der Waals surface area contributed by atoms with Crippen molar-refractivity contribution in [2.24, 2.45) is 0 Å². The van der Waals surface area contributed by atoms with Gasteiger partial charge in [-0.3, -0.25) is 9.69 Å². The van der Waals surface area contributed by atoms with E-state index < -0.39 is 5.25 Å². The Balaban J connectivity index is 1.11. The van der Waals surface area contributed by atoms with Crippen molar-refractivity contribution in [3.8, 4) is 11.3 Å². The molecule has 1 aliphatic heterocycles. The highest BCUT2D eigenvalue weighted by molar-refractivity contribution is 8.00. The molecule has 1 aliphatic carbocycles. The summed E-state index contributed by atoms with van der Waals surface area (Å²) in [6.07, 6.45) is 8.21. The normalized spacial score (nSPS) is 17.7. The van der Waals surface area contributed by atoms with Crippen LogP contribution in [0.5, 0.6) is 0 Å². The van der Waals surface area contributed by atoms with Crippen molar-refractivity contribution in [3.63, 3.8) is 0 Å². The molecule has 0 saturated heterocycles. The van der Waals surface area contributed by atoms with Gasteiger partial charge in [0.25, 0.3) is 0 Å². The van der Waals surface area contributed by atoms with Crippen molar-refractivity contribution in [2.45, 2.75) is 33.3 Å².